The number of nitrogens with zero attached hydrogens (tertiary/aromatic N) is 2. The van der Waals surface area contributed by atoms with E-state index < -0.39 is 5.97 Å². The van der Waals surface area contributed by atoms with Gasteiger partial charge in [-0.15, -0.1) is 0 Å². The number of allylic oxidation sites excluding steroid dienone is 1. The fraction of sp³-hybridized carbons (Fsp3) is 0.231. The second-order valence-corrected chi connectivity index (χ2v) is 3.72. The maximum absolute atomic E-state index is 10.4. The molecule has 0 aliphatic rings. The number of carboxylic acid groups (broad SMARTS) is 1. The molecule has 0 aliphatic carbocycles. The van der Waals surface area contributed by atoms with Crippen LogP contribution in [-0.4, -0.2) is 20.6 Å². The summed E-state index contributed by atoms with van der Waals surface area (Å²) in [4.78, 5) is 14.9. The van der Waals surface area contributed by atoms with E-state index in [1.807, 2.05) is 35.8 Å². The molecular weight excluding hydrogens is 216 g/mol. The minimum Gasteiger partial charge on any atom is -0.478 e. The number of imidazole rings is 1. The second kappa shape index (κ2) is 4.82. The van der Waals surface area contributed by atoms with Gasteiger partial charge in [-0.25, -0.2) is 9.78 Å². The van der Waals surface area contributed by atoms with Crippen LogP contribution in [0.15, 0.2) is 36.4 Å². The lowest BCUT2D eigenvalue weighted by molar-refractivity contribution is -0.131. The first-order valence-electron chi connectivity index (χ1n) is 5.56. The smallest absolute Gasteiger partial charge is 0.328 e. The van der Waals surface area contributed by atoms with E-state index in [0.717, 1.165) is 29.4 Å². The van der Waals surface area contributed by atoms with Crippen molar-refractivity contribution >= 4 is 17.0 Å². The minimum absolute atomic E-state index is 0.538. The Bertz CT molecular complexity index is 570. The van der Waals surface area contributed by atoms with Crippen LogP contribution < -0.4 is 0 Å². The lowest BCUT2D eigenvalue weighted by atomic mass is 10.3. The molecule has 0 fully saturated rings. The Balaban J connectivity index is 2.40. The summed E-state index contributed by atoms with van der Waals surface area (Å²) in [6, 6.07) is 7.87. The molecule has 88 valence electrons. The van der Waals surface area contributed by atoms with Gasteiger partial charge in [-0.2, -0.15) is 0 Å². The van der Waals surface area contributed by atoms with Gasteiger partial charge in [-0.05, 0) is 12.1 Å². The summed E-state index contributed by atoms with van der Waals surface area (Å²) in [5.74, 6) is 0.0497. The van der Waals surface area contributed by atoms with Crippen molar-refractivity contribution in [2.45, 2.75) is 19.9 Å². The molecule has 17 heavy (non-hydrogen) atoms. The number of hydrogen-bond acceptors (Lipinski definition) is 2. The Labute approximate surface area is 99.2 Å². The number of hydrogen-bond donors (Lipinski definition) is 1. The zero-order valence-electron chi connectivity index (χ0n) is 9.63. The molecule has 0 spiro atoms. The van der Waals surface area contributed by atoms with E-state index in [0.29, 0.717) is 6.54 Å². The summed E-state index contributed by atoms with van der Waals surface area (Å²) in [6.07, 6.45) is 3.62. The molecule has 4 nitrogen and oxygen atoms in total. The van der Waals surface area contributed by atoms with Crippen LogP contribution in [-0.2, 0) is 17.8 Å². The number of aliphatic carboxylic acids is 1. The van der Waals surface area contributed by atoms with Gasteiger partial charge in [0, 0.05) is 19.0 Å². The van der Waals surface area contributed by atoms with E-state index in [2.05, 4.69) is 4.98 Å². The first-order chi connectivity index (χ1) is 8.22. The number of benzene rings is 1. The third kappa shape index (κ3) is 2.36. The number of carbonyl (C=O) groups is 1. The molecule has 1 aromatic heterocycles. The van der Waals surface area contributed by atoms with Crippen LogP contribution in [0.4, 0.5) is 0 Å². The highest BCUT2D eigenvalue weighted by molar-refractivity contribution is 5.80. The van der Waals surface area contributed by atoms with E-state index in [1.54, 1.807) is 6.08 Å². The van der Waals surface area contributed by atoms with Gasteiger partial charge in [-0.1, -0.05) is 25.1 Å². The number of carboxylic acids is 1. The molecular formula is C13H14N2O2. The lowest BCUT2D eigenvalue weighted by Crippen LogP contribution is -2.01. The molecule has 0 saturated heterocycles. The molecule has 0 saturated carbocycles. The van der Waals surface area contributed by atoms with Crippen molar-refractivity contribution < 1.29 is 9.90 Å². The van der Waals surface area contributed by atoms with Crippen molar-refractivity contribution in [3.8, 4) is 0 Å². The Morgan fingerprint density at radius 2 is 2.24 bits per heavy atom. The summed E-state index contributed by atoms with van der Waals surface area (Å²) in [6.45, 7) is 2.58. The number of para-hydroxylation sites is 2. The number of aryl methyl sites for hydroxylation is 1. The van der Waals surface area contributed by atoms with Gasteiger partial charge >= 0.3 is 5.97 Å². The van der Waals surface area contributed by atoms with Crippen molar-refractivity contribution in [3.63, 3.8) is 0 Å². The molecule has 2 aromatic rings. The van der Waals surface area contributed by atoms with Crippen LogP contribution in [0.5, 0.6) is 0 Å². The van der Waals surface area contributed by atoms with E-state index in [4.69, 9.17) is 5.11 Å². The highest BCUT2D eigenvalue weighted by Crippen LogP contribution is 2.16. The van der Waals surface area contributed by atoms with Crippen LogP contribution in [0, 0.1) is 0 Å². The highest BCUT2D eigenvalue weighted by Gasteiger charge is 2.06. The minimum atomic E-state index is -0.924. The lowest BCUT2D eigenvalue weighted by Gasteiger charge is -2.03. The molecule has 1 heterocycles. The molecule has 2 rings (SSSR count). The highest BCUT2D eigenvalue weighted by atomic mass is 16.4. The Morgan fingerprint density at radius 1 is 1.47 bits per heavy atom. The normalized spacial score (nSPS) is 11.4. The van der Waals surface area contributed by atoms with Crippen molar-refractivity contribution in [1.82, 2.24) is 9.55 Å². The average Bonchev–Trinajstić information content (AvgIpc) is 2.67. The number of rotatable bonds is 4. The van der Waals surface area contributed by atoms with Crippen molar-refractivity contribution in [1.29, 1.82) is 0 Å². The van der Waals surface area contributed by atoms with Crippen LogP contribution in [0.25, 0.3) is 11.0 Å². The Hall–Kier alpha value is -2.10. The third-order valence-corrected chi connectivity index (χ3v) is 2.60. The molecule has 0 radical (unpaired) electrons. The molecule has 0 bridgehead atoms. The SMILES string of the molecule is CCc1nc2ccccc2n1C/C=C/C(=O)O. The summed E-state index contributed by atoms with van der Waals surface area (Å²) < 4.78 is 2.04. The zero-order valence-corrected chi connectivity index (χ0v) is 9.63. The quantitative estimate of drug-likeness (QED) is 0.819. The molecule has 0 amide bonds. The zero-order chi connectivity index (χ0) is 12.3. The second-order valence-electron chi connectivity index (χ2n) is 3.72. The predicted molar refractivity (Wildman–Crippen MR) is 65.9 cm³/mol. The van der Waals surface area contributed by atoms with Crippen LogP contribution in [0.2, 0.25) is 0 Å². The van der Waals surface area contributed by atoms with Gasteiger partial charge in [0.1, 0.15) is 5.82 Å². The summed E-state index contributed by atoms with van der Waals surface area (Å²) in [7, 11) is 0. The van der Waals surface area contributed by atoms with Crippen molar-refractivity contribution in [3.05, 3.63) is 42.2 Å². The molecule has 0 aliphatic heterocycles. The first kappa shape index (κ1) is 11.4. The third-order valence-electron chi connectivity index (χ3n) is 2.60. The fourth-order valence-electron chi connectivity index (χ4n) is 1.86. The Kier molecular flexibility index (Phi) is 3.23. The van der Waals surface area contributed by atoms with Crippen LogP contribution >= 0.6 is 0 Å². The van der Waals surface area contributed by atoms with Crippen LogP contribution in [0.1, 0.15) is 12.7 Å². The summed E-state index contributed by atoms with van der Waals surface area (Å²) in [5, 5.41) is 8.57. The summed E-state index contributed by atoms with van der Waals surface area (Å²) >= 11 is 0. The van der Waals surface area contributed by atoms with E-state index in [-0.39, 0.29) is 0 Å². The predicted octanol–water partition coefficient (Wildman–Crippen LogP) is 2.24. The van der Waals surface area contributed by atoms with Gasteiger partial charge in [0.25, 0.3) is 0 Å². The van der Waals surface area contributed by atoms with E-state index >= 15 is 0 Å². The largest absolute Gasteiger partial charge is 0.478 e. The van der Waals surface area contributed by atoms with E-state index in [9.17, 15) is 4.79 Å². The Morgan fingerprint density at radius 3 is 2.94 bits per heavy atom. The average molecular weight is 230 g/mol. The summed E-state index contributed by atoms with van der Waals surface area (Å²) in [5.41, 5.74) is 1.99. The molecule has 4 heteroatoms. The van der Waals surface area contributed by atoms with Gasteiger partial charge in [0.2, 0.25) is 0 Å². The number of aromatic nitrogens is 2. The maximum Gasteiger partial charge on any atom is 0.328 e. The van der Waals surface area contributed by atoms with E-state index in [1.165, 1.54) is 0 Å². The molecule has 1 aromatic carbocycles. The maximum atomic E-state index is 10.4. The number of fused-ring (bicyclic) bond motifs is 1. The molecule has 0 unspecified atom stereocenters. The molecule has 1 N–H and O–H groups in total. The van der Waals surface area contributed by atoms with Gasteiger partial charge in [0.05, 0.1) is 11.0 Å². The van der Waals surface area contributed by atoms with Crippen LogP contribution in [0.3, 0.4) is 0 Å². The fourth-order valence-corrected chi connectivity index (χ4v) is 1.86. The standard InChI is InChI=1S/C13H14N2O2/c1-2-12-14-10-6-3-4-7-11(10)15(12)9-5-8-13(16)17/h3-8H,2,9H2,1H3,(H,16,17)/b8-5+. The first-order valence-corrected chi connectivity index (χ1v) is 5.56. The topological polar surface area (TPSA) is 55.1 Å². The van der Waals surface area contributed by atoms with Crippen molar-refractivity contribution in [2.24, 2.45) is 0 Å². The molecule has 0 atom stereocenters. The van der Waals surface area contributed by atoms with Crippen molar-refractivity contribution in [2.75, 3.05) is 0 Å². The monoisotopic (exact) mass is 230 g/mol. The van der Waals surface area contributed by atoms with Gasteiger partial charge < -0.3 is 9.67 Å². The van der Waals surface area contributed by atoms with Gasteiger partial charge in [0.15, 0.2) is 0 Å². The van der Waals surface area contributed by atoms with Gasteiger partial charge in [-0.3, -0.25) is 0 Å².